The fourth-order valence-electron chi connectivity index (χ4n) is 1.45. The molecule has 0 fully saturated rings. The van der Waals surface area contributed by atoms with Gasteiger partial charge in [-0.05, 0) is 24.0 Å². The molecule has 0 aliphatic carbocycles. The zero-order chi connectivity index (χ0) is 15.4. The Morgan fingerprint density at radius 1 is 1.35 bits per heavy atom. The van der Waals surface area contributed by atoms with E-state index in [9.17, 15) is 18.0 Å². The van der Waals surface area contributed by atoms with Crippen LogP contribution in [0.3, 0.4) is 0 Å². The van der Waals surface area contributed by atoms with Crippen LogP contribution in [0.4, 0.5) is 13.2 Å². The van der Waals surface area contributed by atoms with Gasteiger partial charge in [-0.3, -0.25) is 9.78 Å². The zero-order valence-corrected chi connectivity index (χ0v) is 12.0. The average molecular weight is 309 g/mol. The molecule has 1 aromatic heterocycles. The number of rotatable bonds is 5. The standard InChI is InChI=1S/C13H16ClF3N2O/c1-12(2,5-6-14)8-19-11(20)10-4-3-9(7-18-10)13(15,16)17/h3-4,7H,5-6,8H2,1-2H3,(H,19,20). The van der Waals surface area contributed by atoms with Crippen LogP contribution in [0.1, 0.15) is 36.3 Å². The number of pyridine rings is 1. The summed E-state index contributed by atoms with van der Waals surface area (Å²) in [5.41, 5.74) is -1.10. The lowest BCUT2D eigenvalue weighted by Crippen LogP contribution is -2.34. The number of nitrogens with one attached hydrogen (secondary N) is 1. The van der Waals surface area contributed by atoms with E-state index in [0.717, 1.165) is 18.6 Å². The topological polar surface area (TPSA) is 42.0 Å². The molecule has 1 N–H and O–H groups in total. The van der Waals surface area contributed by atoms with Crippen LogP contribution >= 0.6 is 11.6 Å². The molecular formula is C13H16ClF3N2O. The van der Waals surface area contributed by atoms with E-state index in [1.807, 2.05) is 13.8 Å². The summed E-state index contributed by atoms with van der Waals surface area (Å²) in [5.74, 6) is -0.0251. The minimum absolute atomic E-state index is 0.0420. The Hall–Kier alpha value is -1.30. The summed E-state index contributed by atoms with van der Waals surface area (Å²) in [7, 11) is 0. The molecule has 1 aromatic rings. The maximum atomic E-state index is 12.4. The SMILES string of the molecule is CC(C)(CCCl)CNC(=O)c1ccc(C(F)(F)F)cn1. The van der Waals surface area contributed by atoms with Crippen LogP contribution in [0.5, 0.6) is 0 Å². The normalized spacial score (nSPS) is 12.3. The van der Waals surface area contributed by atoms with Gasteiger partial charge < -0.3 is 5.32 Å². The van der Waals surface area contributed by atoms with Crippen molar-refractivity contribution in [3.05, 3.63) is 29.6 Å². The molecule has 0 aliphatic heterocycles. The van der Waals surface area contributed by atoms with Gasteiger partial charge in [0.25, 0.3) is 5.91 Å². The Balaban J connectivity index is 2.65. The van der Waals surface area contributed by atoms with Gasteiger partial charge in [-0.25, -0.2) is 0 Å². The van der Waals surface area contributed by atoms with Crippen molar-refractivity contribution < 1.29 is 18.0 Å². The molecule has 0 radical (unpaired) electrons. The van der Waals surface area contributed by atoms with Crippen LogP contribution in [0.25, 0.3) is 0 Å². The molecule has 0 aliphatic rings. The third-order valence-electron chi connectivity index (χ3n) is 2.82. The number of hydrogen-bond acceptors (Lipinski definition) is 2. The number of hydrogen-bond donors (Lipinski definition) is 1. The van der Waals surface area contributed by atoms with Gasteiger partial charge in [-0.15, -0.1) is 11.6 Å². The van der Waals surface area contributed by atoms with Crippen LogP contribution in [-0.4, -0.2) is 23.3 Å². The van der Waals surface area contributed by atoms with E-state index in [2.05, 4.69) is 10.3 Å². The molecular weight excluding hydrogens is 293 g/mol. The lowest BCUT2D eigenvalue weighted by Gasteiger charge is -2.23. The number of aromatic nitrogens is 1. The van der Waals surface area contributed by atoms with Crippen LogP contribution in [-0.2, 0) is 6.18 Å². The second kappa shape index (κ2) is 6.43. The highest BCUT2D eigenvalue weighted by molar-refractivity contribution is 6.17. The Kier molecular flexibility index (Phi) is 5.39. The van der Waals surface area contributed by atoms with Crippen molar-refractivity contribution in [1.82, 2.24) is 10.3 Å². The molecule has 20 heavy (non-hydrogen) atoms. The first kappa shape index (κ1) is 16.8. The van der Waals surface area contributed by atoms with Crippen LogP contribution in [0, 0.1) is 5.41 Å². The quantitative estimate of drug-likeness (QED) is 0.846. The van der Waals surface area contributed by atoms with Crippen LogP contribution in [0.15, 0.2) is 18.3 Å². The zero-order valence-electron chi connectivity index (χ0n) is 11.2. The molecule has 0 saturated heterocycles. The van der Waals surface area contributed by atoms with E-state index < -0.39 is 17.6 Å². The molecule has 0 spiro atoms. The monoisotopic (exact) mass is 308 g/mol. The molecule has 3 nitrogen and oxygen atoms in total. The third kappa shape index (κ3) is 5.00. The van der Waals surface area contributed by atoms with Crippen molar-refractivity contribution in [2.24, 2.45) is 5.41 Å². The Labute approximate surface area is 120 Å². The maximum Gasteiger partial charge on any atom is 0.417 e. The predicted molar refractivity (Wildman–Crippen MR) is 70.7 cm³/mol. The lowest BCUT2D eigenvalue weighted by atomic mass is 9.90. The first-order valence-electron chi connectivity index (χ1n) is 6.03. The Bertz CT molecular complexity index is 458. The highest BCUT2D eigenvalue weighted by Gasteiger charge is 2.31. The number of halogens is 4. The van der Waals surface area contributed by atoms with Crippen molar-refractivity contribution in [3.63, 3.8) is 0 Å². The number of amides is 1. The average Bonchev–Trinajstić information content (AvgIpc) is 2.35. The summed E-state index contributed by atoms with van der Waals surface area (Å²) in [5, 5.41) is 2.64. The van der Waals surface area contributed by atoms with Crippen LogP contribution in [0.2, 0.25) is 0 Å². The fraction of sp³-hybridized carbons (Fsp3) is 0.538. The summed E-state index contributed by atoms with van der Waals surface area (Å²) < 4.78 is 37.1. The Morgan fingerprint density at radius 2 is 2.00 bits per heavy atom. The summed E-state index contributed by atoms with van der Waals surface area (Å²) in [6.07, 6.45) is -3.08. The maximum absolute atomic E-state index is 12.4. The van der Waals surface area contributed by atoms with Crippen LogP contribution < -0.4 is 5.32 Å². The van der Waals surface area contributed by atoms with Crippen molar-refractivity contribution in [2.75, 3.05) is 12.4 Å². The second-order valence-corrected chi connectivity index (χ2v) is 5.59. The smallest absolute Gasteiger partial charge is 0.350 e. The molecule has 0 bridgehead atoms. The van der Waals surface area contributed by atoms with Gasteiger partial charge in [-0.1, -0.05) is 13.8 Å². The fourth-order valence-corrected chi connectivity index (χ4v) is 1.96. The number of alkyl halides is 4. The van der Waals surface area contributed by atoms with Crippen molar-refractivity contribution in [1.29, 1.82) is 0 Å². The number of nitrogens with zero attached hydrogens (tertiary/aromatic N) is 1. The first-order valence-corrected chi connectivity index (χ1v) is 6.56. The second-order valence-electron chi connectivity index (χ2n) is 5.22. The summed E-state index contributed by atoms with van der Waals surface area (Å²) in [6, 6.07) is 1.90. The van der Waals surface area contributed by atoms with Crippen molar-refractivity contribution in [2.45, 2.75) is 26.4 Å². The molecule has 0 aromatic carbocycles. The molecule has 0 atom stereocenters. The van der Waals surface area contributed by atoms with Gasteiger partial charge in [0.05, 0.1) is 5.56 Å². The number of carbonyl (C=O) groups is 1. The highest BCUT2D eigenvalue weighted by Crippen LogP contribution is 2.28. The number of carbonyl (C=O) groups excluding carboxylic acids is 1. The van der Waals surface area contributed by atoms with Crippen molar-refractivity contribution >= 4 is 17.5 Å². The summed E-state index contributed by atoms with van der Waals surface area (Å²) >= 11 is 5.65. The summed E-state index contributed by atoms with van der Waals surface area (Å²) in [4.78, 5) is 15.3. The van der Waals surface area contributed by atoms with E-state index >= 15 is 0 Å². The minimum Gasteiger partial charge on any atom is -0.350 e. The van der Waals surface area contributed by atoms with E-state index in [0.29, 0.717) is 18.6 Å². The van der Waals surface area contributed by atoms with Gasteiger partial charge in [0, 0.05) is 18.6 Å². The molecule has 112 valence electrons. The van der Waals surface area contributed by atoms with Gasteiger partial charge in [0.15, 0.2) is 0 Å². The molecule has 7 heteroatoms. The third-order valence-corrected chi connectivity index (χ3v) is 3.01. The molecule has 0 saturated carbocycles. The molecule has 1 heterocycles. The lowest BCUT2D eigenvalue weighted by molar-refractivity contribution is -0.137. The molecule has 1 amide bonds. The largest absolute Gasteiger partial charge is 0.417 e. The predicted octanol–water partition coefficient (Wildman–Crippen LogP) is 3.49. The first-order chi connectivity index (χ1) is 9.15. The molecule has 1 rings (SSSR count). The molecule has 0 unspecified atom stereocenters. The van der Waals surface area contributed by atoms with E-state index in [4.69, 9.17) is 11.6 Å². The van der Waals surface area contributed by atoms with Gasteiger partial charge in [0.1, 0.15) is 5.69 Å². The van der Waals surface area contributed by atoms with Gasteiger partial charge >= 0.3 is 6.18 Å². The Morgan fingerprint density at radius 3 is 2.45 bits per heavy atom. The van der Waals surface area contributed by atoms with Gasteiger partial charge in [0.2, 0.25) is 0 Å². The van der Waals surface area contributed by atoms with Gasteiger partial charge in [-0.2, -0.15) is 13.2 Å². The van der Waals surface area contributed by atoms with E-state index in [-0.39, 0.29) is 11.1 Å². The van der Waals surface area contributed by atoms with E-state index in [1.165, 1.54) is 0 Å². The van der Waals surface area contributed by atoms with E-state index in [1.54, 1.807) is 0 Å². The highest BCUT2D eigenvalue weighted by atomic mass is 35.5. The minimum atomic E-state index is -4.45. The summed E-state index contributed by atoms with van der Waals surface area (Å²) in [6.45, 7) is 4.26. The van der Waals surface area contributed by atoms with Crippen molar-refractivity contribution in [3.8, 4) is 0 Å².